The maximum Gasteiger partial charge on any atom is 0.323 e. The molecule has 0 aromatic rings. The summed E-state index contributed by atoms with van der Waals surface area (Å²) in [6.45, 7) is 5.46. The van der Waals surface area contributed by atoms with Gasteiger partial charge in [0.1, 0.15) is 0 Å². The van der Waals surface area contributed by atoms with E-state index in [4.69, 9.17) is 5.11 Å². The van der Waals surface area contributed by atoms with Gasteiger partial charge in [-0.15, -0.1) is 0 Å². The lowest BCUT2D eigenvalue weighted by Gasteiger charge is -2.20. The average molecular weight is 258 g/mol. The minimum absolute atomic E-state index is 0.226. The number of aliphatic carboxylic acids is 1. The lowest BCUT2D eigenvalue weighted by Crippen LogP contribution is -2.43. The summed E-state index contributed by atoms with van der Waals surface area (Å²) >= 11 is 0. The Balaban J connectivity index is 4.24. The molecule has 0 saturated heterocycles. The molecule has 0 rings (SSSR count). The van der Waals surface area contributed by atoms with E-state index in [2.05, 4.69) is 5.32 Å². The van der Waals surface area contributed by atoms with Gasteiger partial charge < -0.3 is 10.0 Å². The summed E-state index contributed by atoms with van der Waals surface area (Å²) in [5.74, 6) is -1.64. The third-order valence-electron chi connectivity index (χ3n) is 2.62. The number of hydrogen-bond acceptors (Lipinski definition) is 3. The molecule has 0 aliphatic heterocycles. The molecule has 104 valence electrons. The number of carbonyl (C=O) groups is 3. The average Bonchev–Trinajstić information content (AvgIpc) is 2.24. The molecule has 0 saturated carbocycles. The fourth-order valence-electron chi connectivity index (χ4n) is 1.23. The lowest BCUT2D eigenvalue weighted by atomic mass is 9.89. The van der Waals surface area contributed by atoms with Gasteiger partial charge in [-0.05, 0) is 20.3 Å². The fraction of sp³-hybridized carbons (Fsp3) is 0.750. The molecule has 0 spiro atoms. The van der Waals surface area contributed by atoms with Crippen molar-refractivity contribution in [2.75, 3.05) is 13.6 Å². The predicted octanol–water partition coefficient (Wildman–Crippen LogP) is 1.46. The normalized spacial score (nSPS) is 10.9. The zero-order valence-electron chi connectivity index (χ0n) is 11.4. The third kappa shape index (κ3) is 5.65. The van der Waals surface area contributed by atoms with Gasteiger partial charge in [-0.2, -0.15) is 0 Å². The number of urea groups is 1. The van der Waals surface area contributed by atoms with E-state index >= 15 is 0 Å². The van der Waals surface area contributed by atoms with Crippen LogP contribution in [0, 0.1) is 5.41 Å². The number of hydrogen-bond donors (Lipinski definition) is 2. The van der Waals surface area contributed by atoms with Crippen LogP contribution >= 0.6 is 0 Å². The van der Waals surface area contributed by atoms with Crippen molar-refractivity contribution in [1.29, 1.82) is 0 Å². The molecule has 6 heteroatoms. The standard InChI is InChI=1S/C12H22N2O4/c1-5-6-7-14(4)11(18)13-9(15)8-12(2,3)10(16)17/h5-8H2,1-4H3,(H,16,17)(H,13,15,18). The van der Waals surface area contributed by atoms with E-state index in [1.807, 2.05) is 6.92 Å². The number of nitrogens with zero attached hydrogens (tertiary/aromatic N) is 1. The first-order chi connectivity index (χ1) is 8.20. The quantitative estimate of drug-likeness (QED) is 0.755. The Labute approximate surface area is 107 Å². The van der Waals surface area contributed by atoms with Gasteiger partial charge in [0.2, 0.25) is 5.91 Å². The van der Waals surface area contributed by atoms with Gasteiger partial charge in [-0.1, -0.05) is 13.3 Å². The van der Waals surface area contributed by atoms with Gasteiger partial charge in [-0.25, -0.2) is 4.79 Å². The number of amides is 3. The first kappa shape index (κ1) is 16.4. The topological polar surface area (TPSA) is 86.7 Å². The maximum atomic E-state index is 11.6. The van der Waals surface area contributed by atoms with Gasteiger partial charge in [0, 0.05) is 20.0 Å². The van der Waals surface area contributed by atoms with Crippen molar-refractivity contribution in [2.24, 2.45) is 5.41 Å². The van der Waals surface area contributed by atoms with Crippen molar-refractivity contribution in [3.05, 3.63) is 0 Å². The molecule has 0 bridgehead atoms. The molecule has 2 N–H and O–H groups in total. The van der Waals surface area contributed by atoms with Gasteiger partial charge in [0.25, 0.3) is 0 Å². The minimum Gasteiger partial charge on any atom is -0.481 e. The van der Waals surface area contributed by atoms with E-state index in [1.165, 1.54) is 18.7 Å². The van der Waals surface area contributed by atoms with Crippen molar-refractivity contribution >= 4 is 17.9 Å². The number of imide groups is 1. The minimum atomic E-state index is -1.17. The fourth-order valence-corrected chi connectivity index (χ4v) is 1.23. The Morgan fingerprint density at radius 2 is 1.83 bits per heavy atom. The molecule has 18 heavy (non-hydrogen) atoms. The van der Waals surface area contributed by atoms with Crippen molar-refractivity contribution in [1.82, 2.24) is 10.2 Å². The second-order valence-corrected chi connectivity index (χ2v) is 4.99. The number of rotatable bonds is 6. The number of carboxylic acid groups (broad SMARTS) is 1. The molecule has 0 unspecified atom stereocenters. The van der Waals surface area contributed by atoms with Gasteiger partial charge in [0.15, 0.2) is 0 Å². The van der Waals surface area contributed by atoms with E-state index < -0.39 is 23.3 Å². The molecule has 0 aromatic carbocycles. The Bertz CT molecular complexity index is 326. The van der Waals surface area contributed by atoms with Gasteiger partial charge in [0.05, 0.1) is 5.41 Å². The highest BCUT2D eigenvalue weighted by Crippen LogP contribution is 2.19. The highest BCUT2D eigenvalue weighted by atomic mass is 16.4. The number of nitrogens with one attached hydrogen (secondary N) is 1. The highest BCUT2D eigenvalue weighted by Gasteiger charge is 2.30. The number of carbonyl (C=O) groups excluding carboxylic acids is 2. The molecule has 0 radical (unpaired) electrons. The van der Waals surface area contributed by atoms with Crippen molar-refractivity contribution < 1.29 is 19.5 Å². The molecule has 6 nitrogen and oxygen atoms in total. The molecular formula is C12H22N2O4. The molecule has 0 fully saturated rings. The summed E-state index contributed by atoms with van der Waals surface area (Å²) < 4.78 is 0. The number of carboxylic acids is 1. The van der Waals surface area contributed by atoms with Crippen LogP contribution in [0.5, 0.6) is 0 Å². The van der Waals surface area contributed by atoms with Crippen LogP contribution in [0.3, 0.4) is 0 Å². The smallest absolute Gasteiger partial charge is 0.323 e. The monoisotopic (exact) mass is 258 g/mol. The Morgan fingerprint density at radius 1 is 1.28 bits per heavy atom. The Kier molecular flexibility index (Phi) is 6.36. The Hall–Kier alpha value is -1.59. The molecular weight excluding hydrogens is 236 g/mol. The van der Waals surface area contributed by atoms with E-state index in [1.54, 1.807) is 7.05 Å². The molecule has 0 aromatic heterocycles. The van der Waals surface area contributed by atoms with Crippen LogP contribution in [0.2, 0.25) is 0 Å². The maximum absolute atomic E-state index is 11.6. The molecule has 3 amide bonds. The van der Waals surface area contributed by atoms with E-state index in [-0.39, 0.29) is 6.42 Å². The largest absolute Gasteiger partial charge is 0.481 e. The summed E-state index contributed by atoms with van der Waals surface area (Å²) in [7, 11) is 1.60. The predicted molar refractivity (Wildman–Crippen MR) is 67.1 cm³/mol. The third-order valence-corrected chi connectivity index (χ3v) is 2.62. The van der Waals surface area contributed by atoms with Crippen molar-refractivity contribution in [3.63, 3.8) is 0 Å². The summed E-state index contributed by atoms with van der Waals surface area (Å²) in [6, 6.07) is -0.491. The lowest BCUT2D eigenvalue weighted by molar-refractivity contribution is -0.149. The zero-order chi connectivity index (χ0) is 14.3. The van der Waals surface area contributed by atoms with Crippen molar-refractivity contribution in [2.45, 2.75) is 40.0 Å². The van der Waals surface area contributed by atoms with E-state index in [0.717, 1.165) is 12.8 Å². The van der Waals surface area contributed by atoms with Crippen LogP contribution in [-0.4, -0.2) is 41.5 Å². The van der Waals surface area contributed by atoms with Gasteiger partial charge >= 0.3 is 12.0 Å². The summed E-state index contributed by atoms with van der Waals surface area (Å²) in [5.41, 5.74) is -1.17. The van der Waals surface area contributed by atoms with Crippen LogP contribution < -0.4 is 5.32 Å². The van der Waals surface area contributed by atoms with Crippen molar-refractivity contribution in [3.8, 4) is 0 Å². The van der Waals surface area contributed by atoms with Crippen LogP contribution in [-0.2, 0) is 9.59 Å². The van der Waals surface area contributed by atoms with E-state index in [9.17, 15) is 14.4 Å². The Morgan fingerprint density at radius 3 is 2.28 bits per heavy atom. The summed E-state index contributed by atoms with van der Waals surface area (Å²) in [6.07, 6.45) is 1.59. The molecule has 0 aliphatic rings. The van der Waals surface area contributed by atoms with Gasteiger partial charge in [-0.3, -0.25) is 14.9 Å². The van der Waals surface area contributed by atoms with E-state index in [0.29, 0.717) is 6.54 Å². The summed E-state index contributed by atoms with van der Waals surface area (Å²) in [5, 5.41) is 11.1. The highest BCUT2D eigenvalue weighted by molar-refractivity contribution is 5.96. The second-order valence-electron chi connectivity index (χ2n) is 4.99. The first-order valence-electron chi connectivity index (χ1n) is 5.99. The van der Waals surface area contributed by atoms with Crippen LogP contribution in [0.15, 0.2) is 0 Å². The molecule has 0 aliphatic carbocycles. The number of unbranched alkanes of at least 4 members (excludes halogenated alkanes) is 1. The zero-order valence-corrected chi connectivity index (χ0v) is 11.4. The molecule has 0 atom stereocenters. The SMILES string of the molecule is CCCCN(C)C(=O)NC(=O)CC(C)(C)C(=O)O. The second kappa shape index (κ2) is 6.98. The van der Waals surface area contributed by atoms with Crippen LogP contribution in [0.25, 0.3) is 0 Å². The molecule has 0 heterocycles. The van der Waals surface area contributed by atoms with Crippen LogP contribution in [0.4, 0.5) is 4.79 Å². The summed E-state index contributed by atoms with van der Waals surface area (Å²) in [4.78, 5) is 35.3. The van der Waals surface area contributed by atoms with Crippen LogP contribution in [0.1, 0.15) is 40.0 Å². The first-order valence-corrected chi connectivity index (χ1v) is 5.99.